The van der Waals surface area contributed by atoms with Gasteiger partial charge in [-0.2, -0.15) is 17.9 Å². The minimum atomic E-state index is -4.79. The first-order valence-electron chi connectivity index (χ1n) is 10.3. The highest BCUT2D eigenvalue weighted by atomic mass is 32.2. The van der Waals surface area contributed by atoms with Crippen molar-refractivity contribution >= 4 is 20.9 Å². The van der Waals surface area contributed by atoms with Crippen LogP contribution in [0.2, 0.25) is 0 Å². The summed E-state index contributed by atoms with van der Waals surface area (Å²) in [6, 6.07) is 4.35. The predicted octanol–water partition coefficient (Wildman–Crippen LogP) is 4.83. The molecule has 3 aromatic rings. The summed E-state index contributed by atoms with van der Waals surface area (Å²) in [5, 5.41) is -0.410. The molecule has 1 aromatic carbocycles. The average Bonchev–Trinajstić information content (AvgIpc) is 3.50. The maximum Gasteiger partial charge on any atom is 0.408 e. The summed E-state index contributed by atoms with van der Waals surface area (Å²) in [5.74, 6) is 0.460. The lowest BCUT2D eigenvalue weighted by atomic mass is 9.97. The van der Waals surface area contributed by atoms with Crippen LogP contribution in [0.25, 0.3) is 22.3 Å². The first-order valence-corrected chi connectivity index (χ1v) is 11.9. The number of halogens is 3. The van der Waals surface area contributed by atoms with Gasteiger partial charge in [-0.15, -0.1) is 0 Å². The molecule has 2 aromatic heterocycles. The van der Waals surface area contributed by atoms with E-state index in [1.807, 2.05) is 25.5 Å². The molecule has 172 valence electrons. The highest BCUT2D eigenvalue weighted by molar-refractivity contribution is 7.90. The van der Waals surface area contributed by atoms with Crippen LogP contribution in [0.4, 0.5) is 13.2 Å². The third-order valence-electron chi connectivity index (χ3n) is 5.27. The summed E-state index contributed by atoms with van der Waals surface area (Å²) in [6.45, 7) is 6.40. The van der Waals surface area contributed by atoms with Gasteiger partial charge in [-0.3, -0.25) is 0 Å². The van der Waals surface area contributed by atoms with E-state index < -0.39 is 27.5 Å². The van der Waals surface area contributed by atoms with Gasteiger partial charge in [-0.1, -0.05) is 32.9 Å². The van der Waals surface area contributed by atoms with Crippen LogP contribution in [-0.2, 0) is 16.6 Å². The van der Waals surface area contributed by atoms with E-state index in [0.29, 0.717) is 41.7 Å². The zero-order valence-electron chi connectivity index (χ0n) is 18.0. The number of fused-ring (bicyclic) bond motifs is 1. The van der Waals surface area contributed by atoms with Gasteiger partial charge in [0.05, 0.1) is 5.25 Å². The summed E-state index contributed by atoms with van der Waals surface area (Å²) in [6.07, 6.45) is 0.582. The zero-order valence-corrected chi connectivity index (χ0v) is 18.8. The molecule has 0 bridgehead atoms. The fraction of sp³-hybridized carbons (Fsp3) is 0.455. The van der Waals surface area contributed by atoms with Gasteiger partial charge in [0.1, 0.15) is 6.04 Å². The van der Waals surface area contributed by atoms with Crippen LogP contribution >= 0.6 is 0 Å². The smallest absolute Gasteiger partial charge is 0.347 e. The second-order valence-electron chi connectivity index (χ2n) is 9.41. The molecule has 1 N–H and O–H groups in total. The van der Waals surface area contributed by atoms with Gasteiger partial charge in [-0.25, -0.2) is 18.4 Å². The molecule has 0 radical (unpaired) electrons. The summed E-state index contributed by atoms with van der Waals surface area (Å²) in [5.41, 5.74) is 0.908. The molecule has 0 amide bonds. The fourth-order valence-electron chi connectivity index (χ4n) is 3.72. The van der Waals surface area contributed by atoms with Crippen LogP contribution in [0, 0.1) is 5.41 Å². The van der Waals surface area contributed by atoms with E-state index in [2.05, 4.69) is 9.97 Å². The lowest BCUT2D eigenvalue weighted by Crippen LogP contribution is -2.39. The molecule has 1 atom stereocenters. The topological polar surface area (TPSA) is 76.9 Å². The maximum absolute atomic E-state index is 14.1. The molecule has 0 aliphatic heterocycles. The van der Waals surface area contributed by atoms with Crippen molar-refractivity contribution in [3.63, 3.8) is 0 Å². The molecule has 1 fully saturated rings. The highest BCUT2D eigenvalue weighted by Gasteiger charge is 2.47. The number of nitrogens with one attached hydrogen (secondary N) is 1. The van der Waals surface area contributed by atoms with Gasteiger partial charge in [0.25, 0.3) is 0 Å². The molecular weight excluding hydrogens is 441 g/mol. The summed E-state index contributed by atoms with van der Waals surface area (Å²) in [7, 11) is -4.06. The number of nitrogens with zero attached hydrogens (tertiary/aromatic N) is 3. The van der Waals surface area contributed by atoms with E-state index in [1.54, 1.807) is 41.2 Å². The molecule has 1 aliphatic carbocycles. The first kappa shape index (κ1) is 22.7. The molecule has 1 saturated carbocycles. The number of aromatic nitrogens is 3. The Kier molecular flexibility index (Phi) is 5.57. The third kappa shape index (κ3) is 4.80. The predicted molar refractivity (Wildman–Crippen MR) is 116 cm³/mol. The maximum atomic E-state index is 14.1. The van der Waals surface area contributed by atoms with Crippen LogP contribution < -0.4 is 4.72 Å². The van der Waals surface area contributed by atoms with Crippen LogP contribution in [0.1, 0.15) is 45.2 Å². The molecule has 2 heterocycles. The Bertz CT molecular complexity index is 1230. The largest absolute Gasteiger partial charge is 0.408 e. The molecule has 0 unspecified atom stereocenters. The second kappa shape index (κ2) is 7.84. The Morgan fingerprint density at radius 2 is 1.81 bits per heavy atom. The van der Waals surface area contributed by atoms with Gasteiger partial charge >= 0.3 is 6.18 Å². The summed E-state index contributed by atoms with van der Waals surface area (Å²) < 4.78 is 70.7. The SMILES string of the molecule is CC(C)(C)Cn1cc([C@H](NS(=O)(=O)C2CC2)C(F)(F)F)c2ccc(-c3ncccn3)cc21. The van der Waals surface area contributed by atoms with Crippen LogP contribution in [0.15, 0.2) is 42.9 Å². The summed E-state index contributed by atoms with van der Waals surface area (Å²) in [4.78, 5) is 8.45. The van der Waals surface area contributed by atoms with E-state index in [4.69, 9.17) is 0 Å². The van der Waals surface area contributed by atoms with E-state index in [-0.39, 0.29) is 11.0 Å². The van der Waals surface area contributed by atoms with Crippen molar-refractivity contribution in [3.8, 4) is 11.4 Å². The molecule has 32 heavy (non-hydrogen) atoms. The molecular formula is C22H25F3N4O2S. The number of sulfonamides is 1. The number of rotatable bonds is 6. The number of hydrogen-bond acceptors (Lipinski definition) is 4. The van der Waals surface area contributed by atoms with Gasteiger partial charge in [-0.05, 0) is 30.4 Å². The minimum absolute atomic E-state index is 0.110. The molecule has 1 aliphatic rings. The number of benzene rings is 1. The Hall–Kier alpha value is -2.46. The Morgan fingerprint density at radius 1 is 1.16 bits per heavy atom. The first-order chi connectivity index (χ1) is 14.9. The Morgan fingerprint density at radius 3 is 2.38 bits per heavy atom. The molecule has 10 heteroatoms. The third-order valence-corrected chi connectivity index (χ3v) is 7.18. The van der Waals surface area contributed by atoms with Crippen molar-refractivity contribution in [1.29, 1.82) is 0 Å². The van der Waals surface area contributed by atoms with Gasteiger partial charge in [0.15, 0.2) is 5.82 Å². The molecule has 4 rings (SSSR count). The van der Waals surface area contributed by atoms with E-state index >= 15 is 0 Å². The number of alkyl halides is 3. The highest BCUT2D eigenvalue weighted by Crippen LogP contribution is 2.41. The van der Waals surface area contributed by atoms with E-state index in [1.165, 1.54) is 6.20 Å². The number of hydrogen-bond donors (Lipinski definition) is 1. The van der Waals surface area contributed by atoms with Crippen LogP contribution in [0.5, 0.6) is 0 Å². The molecule has 0 saturated heterocycles. The molecule has 0 spiro atoms. The van der Waals surface area contributed by atoms with Crippen molar-refractivity contribution in [2.24, 2.45) is 5.41 Å². The zero-order chi connectivity index (χ0) is 23.3. The van der Waals surface area contributed by atoms with Crippen LogP contribution in [-0.4, -0.2) is 34.4 Å². The van der Waals surface area contributed by atoms with Crippen molar-refractivity contribution in [1.82, 2.24) is 19.3 Å². The van der Waals surface area contributed by atoms with E-state index in [9.17, 15) is 21.6 Å². The fourth-order valence-corrected chi connectivity index (χ4v) is 5.26. The quantitative estimate of drug-likeness (QED) is 0.565. The van der Waals surface area contributed by atoms with Crippen molar-refractivity contribution in [3.05, 3.63) is 48.4 Å². The van der Waals surface area contributed by atoms with Gasteiger partial charge < -0.3 is 4.57 Å². The minimum Gasteiger partial charge on any atom is -0.347 e. The van der Waals surface area contributed by atoms with Crippen molar-refractivity contribution in [2.75, 3.05) is 0 Å². The van der Waals surface area contributed by atoms with Crippen molar-refractivity contribution in [2.45, 2.75) is 57.6 Å². The van der Waals surface area contributed by atoms with Gasteiger partial charge in [0, 0.05) is 47.2 Å². The normalized spacial score (nSPS) is 16.4. The second-order valence-corrected chi connectivity index (χ2v) is 11.4. The van der Waals surface area contributed by atoms with Crippen molar-refractivity contribution < 1.29 is 21.6 Å². The standard InChI is InChI=1S/C22H25F3N4O2S/c1-21(2,3)13-29-12-17(19(22(23,24)25)28-32(30,31)15-6-7-15)16-8-5-14(11-18(16)29)20-26-9-4-10-27-20/h4-5,8-12,15,19,28H,6-7,13H2,1-3H3/t19-/m0/s1. The Balaban J connectivity index is 1.87. The van der Waals surface area contributed by atoms with Gasteiger partial charge in [0.2, 0.25) is 10.0 Å². The Labute approximate surface area is 184 Å². The lowest BCUT2D eigenvalue weighted by molar-refractivity contribution is -0.152. The van der Waals surface area contributed by atoms with Crippen LogP contribution in [0.3, 0.4) is 0 Å². The molecule has 6 nitrogen and oxygen atoms in total. The van der Waals surface area contributed by atoms with E-state index in [0.717, 1.165) is 0 Å². The monoisotopic (exact) mass is 466 g/mol. The average molecular weight is 467 g/mol. The lowest BCUT2D eigenvalue weighted by Gasteiger charge is -2.22. The summed E-state index contributed by atoms with van der Waals surface area (Å²) >= 11 is 0.